The van der Waals surface area contributed by atoms with Crippen molar-refractivity contribution < 1.29 is 19.1 Å². The summed E-state index contributed by atoms with van der Waals surface area (Å²) in [5, 5.41) is 3.18. The summed E-state index contributed by atoms with van der Waals surface area (Å²) in [7, 11) is 0. The minimum absolute atomic E-state index is 0.297. The second-order valence-electron chi connectivity index (χ2n) is 4.67. The van der Waals surface area contributed by atoms with Crippen molar-refractivity contribution in [2.75, 3.05) is 11.9 Å². The summed E-state index contributed by atoms with van der Waals surface area (Å²) in [5.74, 6) is -1.03. The van der Waals surface area contributed by atoms with E-state index < -0.39 is 24.1 Å². The zero-order chi connectivity index (χ0) is 15.4. The van der Waals surface area contributed by atoms with Crippen LogP contribution in [-0.4, -0.2) is 30.7 Å². The highest BCUT2D eigenvalue weighted by Crippen LogP contribution is 2.30. The maximum atomic E-state index is 12.0. The molecule has 0 aromatic heterocycles. The zero-order valence-corrected chi connectivity index (χ0v) is 12.9. The second kappa shape index (κ2) is 7.11. The largest absolute Gasteiger partial charge is 0.451 e. The van der Waals surface area contributed by atoms with E-state index in [-0.39, 0.29) is 0 Å². The quantitative estimate of drug-likeness (QED) is 0.861. The first-order valence-corrected chi connectivity index (χ1v) is 7.31. The van der Waals surface area contributed by atoms with E-state index in [1.807, 2.05) is 0 Å². The molecule has 1 aromatic rings. The summed E-state index contributed by atoms with van der Waals surface area (Å²) in [6, 6.07) is 4.87. The van der Waals surface area contributed by atoms with E-state index in [1.165, 1.54) is 6.92 Å². The Morgan fingerprint density at radius 1 is 1.38 bits per heavy atom. The number of rotatable bonds is 4. The highest BCUT2D eigenvalue weighted by molar-refractivity contribution is 6.39. The number of esters is 1. The third kappa shape index (κ3) is 4.09. The molecule has 1 aromatic carbocycles. The van der Waals surface area contributed by atoms with Crippen LogP contribution in [-0.2, 0) is 19.1 Å². The van der Waals surface area contributed by atoms with Gasteiger partial charge in [0.25, 0.3) is 5.91 Å². The molecule has 2 atom stereocenters. The molecule has 114 valence electrons. The first kappa shape index (κ1) is 16.1. The Morgan fingerprint density at radius 3 is 2.62 bits per heavy atom. The Hall–Kier alpha value is -1.30. The fraction of sp³-hybridized carbons (Fsp3) is 0.429. The molecule has 2 rings (SSSR count). The number of hydrogen-bond donors (Lipinski definition) is 1. The van der Waals surface area contributed by atoms with Crippen molar-refractivity contribution in [3.05, 3.63) is 28.2 Å². The fourth-order valence-electron chi connectivity index (χ4n) is 1.91. The molecular weight excluding hydrogens is 317 g/mol. The summed E-state index contributed by atoms with van der Waals surface area (Å²) in [5.41, 5.74) is 0.297. The summed E-state index contributed by atoms with van der Waals surface area (Å²) < 4.78 is 10.3. The van der Waals surface area contributed by atoms with E-state index in [4.69, 9.17) is 32.7 Å². The predicted molar refractivity (Wildman–Crippen MR) is 79.6 cm³/mol. The fourth-order valence-corrected chi connectivity index (χ4v) is 2.40. The van der Waals surface area contributed by atoms with E-state index in [9.17, 15) is 9.59 Å². The molecule has 0 spiro atoms. The van der Waals surface area contributed by atoms with Crippen LogP contribution in [0.25, 0.3) is 0 Å². The number of ether oxygens (including phenoxy) is 2. The van der Waals surface area contributed by atoms with Gasteiger partial charge in [-0.15, -0.1) is 0 Å². The van der Waals surface area contributed by atoms with Gasteiger partial charge in [0, 0.05) is 6.61 Å². The van der Waals surface area contributed by atoms with Crippen LogP contribution in [0.4, 0.5) is 5.69 Å². The Bertz CT molecular complexity index is 524. The van der Waals surface area contributed by atoms with Gasteiger partial charge in [-0.05, 0) is 31.9 Å². The minimum atomic E-state index is -0.964. The van der Waals surface area contributed by atoms with Crippen molar-refractivity contribution in [3.63, 3.8) is 0 Å². The lowest BCUT2D eigenvalue weighted by Gasteiger charge is -2.16. The van der Waals surface area contributed by atoms with Crippen molar-refractivity contribution in [3.8, 4) is 0 Å². The molecule has 1 heterocycles. The number of hydrogen-bond acceptors (Lipinski definition) is 4. The number of carbonyl (C=O) groups excluding carboxylic acids is 2. The maximum absolute atomic E-state index is 12.0. The zero-order valence-electron chi connectivity index (χ0n) is 11.4. The highest BCUT2D eigenvalue weighted by Gasteiger charge is 2.28. The SMILES string of the molecule is C[C@H](OC(=O)[C@@H]1CCCO1)C(=O)Nc1c(Cl)cccc1Cl. The van der Waals surface area contributed by atoms with E-state index in [0.29, 0.717) is 28.8 Å². The Labute approximate surface area is 132 Å². The van der Waals surface area contributed by atoms with Crippen LogP contribution >= 0.6 is 23.2 Å². The topological polar surface area (TPSA) is 64.6 Å². The van der Waals surface area contributed by atoms with Gasteiger partial charge >= 0.3 is 5.97 Å². The number of halogens is 2. The van der Waals surface area contributed by atoms with Crippen LogP contribution in [0, 0.1) is 0 Å². The van der Waals surface area contributed by atoms with Gasteiger partial charge in [0.15, 0.2) is 12.2 Å². The van der Waals surface area contributed by atoms with Crippen LogP contribution in [0.2, 0.25) is 10.0 Å². The summed E-state index contributed by atoms with van der Waals surface area (Å²) >= 11 is 11.9. The maximum Gasteiger partial charge on any atom is 0.336 e. The summed E-state index contributed by atoms with van der Waals surface area (Å²) in [4.78, 5) is 23.8. The van der Waals surface area contributed by atoms with Crippen molar-refractivity contribution >= 4 is 40.8 Å². The molecule has 0 saturated carbocycles. The third-order valence-electron chi connectivity index (χ3n) is 3.07. The van der Waals surface area contributed by atoms with Crippen LogP contribution in [0.3, 0.4) is 0 Å². The molecule has 1 aliphatic heterocycles. The molecule has 0 radical (unpaired) electrons. The molecule has 1 aliphatic rings. The van der Waals surface area contributed by atoms with E-state index in [0.717, 1.165) is 6.42 Å². The van der Waals surface area contributed by atoms with Crippen molar-refractivity contribution in [1.29, 1.82) is 0 Å². The van der Waals surface area contributed by atoms with Crippen LogP contribution in [0.1, 0.15) is 19.8 Å². The van der Waals surface area contributed by atoms with E-state index in [2.05, 4.69) is 5.32 Å². The van der Waals surface area contributed by atoms with Gasteiger partial charge < -0.3 is 14.8 Å². The Kier molecular flexibility index (Phi) is 5.45. The van der Waals surface area contributed by atoms with Crippen molar-refractivity contribution in [2.45, 2.75) is 32.0 Å². The predicted octanol–water partition coefficient (Wildman–Crippen LogP) is 3.04. The summed E-state index contributed by atoms with van der Waals surface area (Å²) in [6.45, 7) is 2.02. The molecule has 1 N–H and O–H groups in total. The van der Waals surface area contributed by atoms with E-state index >= 15 is 0 Å². The number of amides is 1. The first-order chi connectivity index (χ1) is 9.99. The van der Waals surface area contributed by atoms with Crippen LogP contribution in [0.15, 0.2) is 18.2 Å². The van der Waals surface area contributed by atoms with Gasteiger partial charge in [0.1, 0.15) is 0 Å². The van der Waals surface area contributed by atoms with Gasteiger partial charge in [0.05, 0.1) is 15.7 Å². The van der Waals surface area contributed by atoms with Gasteiger partial charge in [-0.25, -0.2) is 4.79 Å². The molecule has 21 heavy (non-hydrogen) atoms. The first-order valence-electron chi connectivity index (χ1n) is 6.56. The lowest BCUT2D eigenvalue weighted by Crippen LogP contribution is -2.34. The van der Waals surface area contributed by atoms with Crippen LogP contribution in [0.5, 0.6) is 0 Å². The van der Waals surface area contributed by atoms with E-state index in [1.54, 1.807) is 18.2 Å². The highest BCUT2D eigenvalue weighted by atomic mass is 35.5. The standard InChI is InChI=1S/C14H15Cl2NO4/c1-8(21-14(19)11-6-3-7-20-11)13(18)17-12-9(15)4-2-5-10(12)16/h2,4-5,8,11H,3,6-7H2,1H3,(H,17,18)/t8-,11-/m0/s1. The number of para-hydroxylation sites is 1. The van der Waals surface area contributed by atoms with Gasteiger partial charge in [-0.2, -0.15) is 0 Å². The number of benzene rings is 1. The average molecular weight is 332 g/mol. The molecule has 0 unspecified atom stereocenters. The monoisotopic (exact) mass is 331 g/mol. The lowest BCUT2D eigenvalue weighted by atomic mass is 10.2. The molecule has 0 aliphatic carbocycles. The second-order valence-corrected chi connectivity index (χ2v) is 5.48. The van der Waals surface area contributed by atoms with Crippen molar-refractivity contribution in [2.24, 2.45) is 0 Å². The minimum Gasteiger partial charge on any atom is -0.451 e. The third-order valence-corrected chi connectivity index (χ3v) is 3.70. The molecule has 7 heteroatoms. The van der Waals surface area contributed by atoms with Gasteiger partial charge in [-0.1, -0.05) is 29.3 Å². The Balaban J connectivity index is 1.94. The molecule has 0 bridgehead atoms. The number of anilines is 1. The number of nitrogens with one attached hydrogen (secondary N) is 1. The Morgan fingerprint density at radius 2 is 2.05 bits per heavy atom. The molecule has 1 saturated heterocycles. The molecule has 1 amide bonds. The van der Waals surface area contributed by atoms with Crippen LogP contribution < -0.4 is 5.32 Å². The van der Waals surface area contributed by atoms with Gasteiger partial charge in [0.2, 0.25) is 0 Å². The average Bonchev–Trinajstić information content (AvgIpc) is 2.97. The number of carbonyl (C=O) groups is 2. The molecule has 5 nitrogen and oxygen atoms in total. The molecular formula is C14H15Cl2NO4. The normalized spacial score (nSPS) is 19.1. The smallest absolute Gasteiger partial charge is 0.336 e. The molecule has 1 fully saturated rings. The summed E-state index contributed by atoms with van der Waals surface area (Å²) in [6.07, 6.45) is -0.114. The van der Waals surface area contributed by atoms with Crippen molar-refractivity contribution in [1.82, 2.24) is 0 Å². The van der Waals surface area contributed by atoms with Gasteiger partial charge in [-0.3, -0.25) is 4.79 Å². The lowest BCUT2D eigenvalue weighted by molar-refractivity contribution is -0.162.